The van der Waals surface area contributed by atoms with E-state index in [1.54, 1.807) is 36.4 Å². The van der Waals surface area contributed by atoms with Gasteiger partial charge in [-0.3, -0.25) is 9.69 Å². The van der Waals surface area contributed by atoms with E-state index < -0.39 is 0 Å². The molecule has 6 nitrogen and oxygen atoms in total. The SMILES string of the molecule is COc1cc(/C=C2\CN(C(C)C)C/C(=C\c3cc(Cl)c(O)c(OC)c3)C2=O)cc(Cl)c1O. The van der Waals surface area contributed by atoms with Crippen LogP contribution in [-0.2, 0) is 4.79 Å². The zero-order valence-electron chi connectivity index (χ0n) is 18.3. The first-order chi connectivity index (χ1) is 15.1. The van der Waals surface area contributed by atoms with E-state index >= 15 is 0 Å². The Kier molecular flexibility index (Phi) is 7.39. The van der Waals surface area contributed by atoms with Crippen LogP contribution in [0.2, 0.25) is 10.0 Å². The molecule has 0 radical (unpaired) electrons. The molecule has 0 saturated carbocycles. The fourth-order valence-corrected chi connectivity index (χ4v) is 3.94. The van der Waals surface area contributed by atoms with E-state index in [9.17, 15) is 15.0 Å². The number of likely N-dealkylation sites (tertiary alicyclic amines) is 1. The molecule has 1 heterocycles. The predicted octanol–water partition coefficient (Wildman–Crippen LogP) is 5.18. The van der Waals surface area contributed by atoms with Crippen molar-refractivity contribution in [3.63, 3.8) is 0 Å². The minimum absolute atomic E-state index is 0.103. The minimum atomic E-state index is -0.145. The smallest absolute Gasteiger partial charge is 0.187 e. The molecule has 0 bridgehead atoms. The first-order valence-corrected chi connectivity index (χ1v) is 10.7. The number of rotatable bonds is 5. The van der Waals surface area contributed by atoms with Crippen LogP contribution in [-0.4, -0.2) is 54.2 Å². The van der Waals surface area contributed by atoms with Gasteiger partial charge in [-0.2, -0.15) is 0 Å². The number of Topliss-reactive ketones (excluding diaryl/α,β-unsaturated/α-hetero) is 1. The normalized spacial score (nSPS) is 17.4. The number of halogens is 2. The summed E-state index contributed by atoms with van der Waals surface area (Å²) in [7, 11) is 2.87. The molecule has 2 N–H and O–H groups in total. The van der Waals surface area contributed by atoms with E-state index in [1.807, 2.05) is 0 Å². The van der Waals surface area contributed by atoms with E-state index in [-0.39, 0.29) is 44.9 Å². The van der Waals surface area contributed by atoms with Crippen LogP contribution in [0.25, 0.3) is 12.2 Å². The molecule has 8 heteroatoms. The van der Waals surface area contributed by atoms with Gasteiger partial charge in [0, 0.05) is 30.3 Å². The molecule has 0 atom stereocenters. The van der Waals surface area contributed by atoms with Gasteiger partial charge in [0.2, 0.25) is 0 Å². The molecule has 3 rings (SSSR count). The van der Waals surface area contributed by atoms with Crippen molar-refractivity contribution in [2.45, 2.75) is 19.9 Å². The Hall–Kier alpha value is -2.67. The van der Waals surface area contributed by atoms with Gasteiger partial charge in [-0.05, 0) is 61.4 Å². The molecule has 0 aromatic heterocycles. The summed E-state index contributed by atoms with van der Waals surface area (Å²) in [5, 5.41) is 20.3. The van der Waals surface area contributed by atoms with Gasteiger partial charge in [-0.1, -0.05) is 23.2 Å². The monoisotopic (exact) mass is 477 g/mol. The Morgan fingerprint density at radius 3 is 1.62 bits per heavy atom. The van der Waals surface area contributed by atoms with Crippen molar-refractivity contribution in [2.24, 2.45) is 0 Å². The highest BCUT2D eigenvalue weighted by Gasteiger charge is 2.28. The molecule has 1 aliphatic rings. The van der Waals surface area contributed by atoms with Crippen molar-refractivity contribution in [3.8, 4) is 23.0 Å². The highest BCUT2D eigenvalue weighted by Crippen LogP contribution is 2.37. The Bertz CT molecular complexity index is 1030. The second-order valence-electron chi connectivity index (χ2n) is 7.77. The van der Waals surface area contributed by atoms with Gasteiger partial charge >= 0.3 is 0 Å². The standard InChI is InChI=1S/C24H25Cl2NO5/c1-13(2)27-11-16(5-14-7-18(25)23(29)20(9-14)31-3)22(28)17(12-27)6-15-8-19(26)24(30)21(10-15)32-4/h5-10,13,29-30H,11-12H2,1-4H3/b16-5+,17-6+. The van der Waals surface area contributed by atoms with Crippen molar-refractivity contribution < 1.29 is 24.5 Å². The minimum Gasteiger partial charge on any atom is -0.503 e. The number of methoxy groups -OCH3 is 2. The summed E-state index contributed by atoms with van der Waals surface area (Å²) in [6, 6.07) is 6.63. The van der Waals surface area contributed by atoms with Gasteiger partial charge in [0.05, 0.1) is 24.3 Å². The van der Waals surface area contributed by atoms with Crippen molar-refractivity contribution in [3.05, 3.63) is 56.6 Å². The lowest BCUT2D eigenvalue weighted by molar-refractivity contribution is -0.113. The maximum Gasteiger partial charge on any atom is 0.187 e. The van der Waals surface area contributed by atoms with Gasteiger partial charge in [-0.25, -0.2) is 0 Å². The fraction of sp³-hybridized carbons (Fsp3) is 0.292. The number of nitrogens with zero attached hydrogens (tertiary/aromatic N) is 1. The topological polar surface area (TPSA) is 79.2 Å². The lowest BCUT2D eigenvalue weighted by Gasteiger charge is -2.32. The molecular weight excluding hydrogens is 453 g/mol. The van der Waals surface area contributed by atoms with Gasteiger partial charge in [0.25, 0.3) is 0 Å². The fourth-order valence-electron chi connectivity index (χ4n) is 3.50. The molecule has 0 unspecified atom stereocenters. The van der Waals surface area contributed by atoms with Gasteiger partial charge in [0.15, 0.2) is 28.8 Å². The molecule has 0 amide bonds. The molecule has 1 aliphatic heterocycles. The van der Waals surface area contributed by atoms with Crippen LogP contribution < -0.4 is 9.47 Å². The summed E-state index contributed by atoms with van der Waals surface area (Å²) in [6.45, 7) is 5.06. The number of aromatic hydroxyl groups is 2. The lowest BCUT2D eigenvalue weighted by atomic mass is 9.93. The number of ether oxygens (including phenoxy) is 2. The number of hydrogen-bond donors (Lipinski definition) is 2. The van der Waals surface area contributed by atoms with E-state index in [0.29, 0.717) is 35.4 Å². The van der Waals surface area contributed by atoms with Crippen LogP contribution >= 0.6 is 23.2 Å². The number of piperidine rings is 1. The average Bonchev–Trinajstić information content (AvgIpc) is 2.75. The van der Waals surface area contributed by atoms with Crippen molar-refractivity contribution in [1.29, 1.82) is 0 Å². The summed E-state index contributed by atoms with van der Waals surface area (Å²) in [5.74, 6) is 0.0701. The zero-order valence-corrected chi connectivity index (χ0v) is 19.8. The predicted molar refractivity (Wildman–Crippen MR) is 127 cm³/mol. The number of carbonyl (C=O) groups is 1. The molecule has 1 saturated heterocycles. The first kappa shape index (κ1) is 24.0. The number of ketones is 1. The van der Waals surface area contributed by atoms with Crippen LogP contribution in [0.4, 0.5) is 0 Å². The van der Waals surface area contributed by atoms with Crippen molar-refractivity contribution in [2.75, 3.05) is 27.3 Å². The van der Waals surface area contributed by atoms with Gasteiger partial charge in [0.1, 0.15) is 0 Å². The summed E-state index contributed by atoms with van der Waals surface area (Å²) >= 11 is 12.2. The van der Waals surface area contributed by atoms with E-state index in [1.165, 1.54) is 14.2 Å². The van der Waals surface area contributed by atoms with Crippen LogP contribution in [0.15, 0.2) is 35.4 Å². The zero-order chi connectivity index (χ0) is 23.6. The molecule has 1 fully saturated rings. The van der Waals surface area contributed by atoms with E-state index in [0.717, 1.165) is 0 Å². The third kappa shape index (κ3) is 5.04. The molecule has 2 aromatic carbocycles. The van der Waals surface area contributed by atoms with E-state index in [2.05, 4.69) is 18.7 Å². The summed E-state index contributed by atoms with van der Waals surface area (Å²) in [5.41, 5.74) is 2.45. The molecule has 0 spiro atoms. The second-order valence-corrected chi connectivity index (χ2v) is 8.59. The van der Waals surface area contributed by atoms with Crippen molar-refractivity contribution in [1.82, 2.24) is 4.90 Å². The third-order valence-electron chi connectivity index (χ3n) is 5.28. The van der Waals surface area contributed by atoms with Gasteiger partial charge < -0.3 is 19.7 Å². The Morgan fingerprint density at radius 2 is 1.28 bits per heavy atom. The number of hydrogen-bond acceptors (Lipinski definition) is 6. The second kappa shape index (κ2) is 9.86. The molecule has 2 aromatic rings. The summed E-state index contributed by atoms with van der Waals surface area (Å²) in [6.07, 6.45) is 3.51. The van der Waals surface area contributed by atoms with Crippen LogP contribution in [0.3, 0.4) is 0 Å². The summed E-state index contributed by atoms with van der Waals surface area (Å²) < 4.78 is 10.3. The number of benzene rings is 2. The maximum atomic E-state index is 13.3. The van der Waals surface area contributed by atoms with E-state index in [4.69, 9.17) is 32.7 Å². The van der Waals surface area contributed by atoms with Crippen LogP contribution in [0.5, 0.6) is 23.0 Å². The molecule has 170 valence electrons. The Labute approximate surface area is 197 Å². The largest absolute Gasteiger partial charge is 0.503 e. The average molecular weight is 478 g/mol. The molecule has 32 heavy (non-hydrogen) atoms. The molecular formula is C24H25Cl2NO5. The Balaban J connectivity index is 2.06. The third-order valence-corrected chi connectivity index (χ3v) is 5.86. The van der Waals surface area contributed by atoms with Gasteiger partial charge in [-0.15, -0.1) is 0 Å². The number of phenolic OH excluding ortho intramolecular Hbond substituents is 2. The van der Waals surface area contributed by atoms with Crippen molar-refractivity contribution >= 4 is 41.1 Å². The lowest BCUT2D eigenvalue weighted by Crippen LogP contribution is -2.41. The number of phenols is 2. The van der Waals surface area contributed by atoms with Crippen LogP contribution in [0.1, 0.15) is 25.0 Å². The highest BCUT2D eigenvalue weighted by molar-refractivity contribution is 6.32. The highest BCUT2D eigenvalue weighted by atomic mass is 35.5. The quantitative estimate of drug-likeness (QED) is 0.577. The van der Waals surface area contributed by atoms with Crippen LogP contribution in [0, 0.1) is 0 Å². The molecule has 0 aliphatic carbocycles. The Morgan fingerprint density at radius 1 is 0.875 bits per heavy atom. The first-order valence-electron chi connectivity index (χ1n) is 9.97. The maximum absolute atomic E-state index is 13.3. The number of carbonyl (C=O) groups excluding carboxylic acids is 1. The summed E-state index contributed by atoms with van der Waals surface area (Å²) in [4.78, 5) is 15.5.